The van der Waals surface area contributed by atoms with E-state index in [0.29, 0.717) is 13.1 Å². The molecule has 4 heterocycles. The van der Waals surface area contributed by atoms with Crippen molar-refractivity contribution in [2.75, 3.05) is 24.6 Å². The Morgan fingerprint density at radius 3 is 1.65 bits per heavy atom. The van der Waals surface area contributed by atoms with Crippen LogP contribution in [0.25, 0.3) is 32.7 Å². The highest BCUT2D eigenvalue weighted by atomic mass is 35.5. The molecular weight excluding hydrogens is 1070 g/mol. The average Bonchev–Trinajstić information content (AvgIpc) is 4.14. The molecule has 0 bridgehead atoms. The minimum atomic E-state index is -3.81. The lowest BCUT2D eigenvalue weighted by atomic mass is 9.92. The van der Waals surface area contributed by atoms with Crippen molar-refractivity contribution >= 4 is 133 Å². The van der Waals surface area contributed by atoms with E-state index in [0.717, 1.165) is 89.3 Å². The van der Waals surface area contributed by atoms with Gasteiger partial charge in [-0.1, -0.05) is 131 Å². The number of carbonyl (C=O) groups excluding carboxylic acids is 2. The van der Waals surface area contributed by atoms with Gasteiger partial charge in [-0.05, 0) is 118 Å². The zero-order chi connectivity index (χ0) is 50.6. The van der Waals surface area contributed by atoms with Crippen LogP contribution < -0.4 is 10.6 Å². The molecule has 20 heteroatoms. The minimum absolute atomic E-state index is 0.0134. The van der Waals surface area contributed by atoms with Gasteiger partial charge < -0.3 is 10.6 Å². The summed E-state index contributed by atoms with van der Waals surface area (Å²) in [5.41, 5.74) is 8.92. The van der Waals surface area contributed by atoms with Crippen LogP contribution in [0.5, 0.6) is 0 Å². The second-order valence-corrected chi connectivity index (χ2v) is 26.0. The second kappa shape index (κ2) is 22.4. The molecular formula is C52H46Cl4N6O6S4. The zero-order valence-electron chi connectivity index (χ0n) is 38.4. The Morgan fingerprint density at radius 2 is 1.11 bits per heavy atom. The predicted octanol–water partition coefficient (Wildman–Crippen LogP) is 11.5. The topological polar surface area (TPSA) is 162 Å². The van der Waals surface area contributed by atoms with Gasteiger partial charge in [0, 0.05) is 19.3 Å². The number of aryl methyl sites for hydroxylation is 2. The molecule has 0 spiro atoms. The third kappa shape index (κ3) is 12.4. The van der Waals surface area contributed by atoms with Crippen molar-refractivity contribution in [3.05, 3.63) is 174 Å². The number of carbonyl (C=O) groups is 2. The SMILES string of the molecule is O=C(CS(=O)(=O)c1cc(Cl)c(Cl)s1)NC/C=C1\CCCc2cn(Cc3ccc4ccccc4c3)nc21.O=C(CS(=O)(=O)c1cc(Cl)c(Cl)s1)NC/C=C1\CCCc2cnn(Cc3ccc4ccccc4c3)c21. The first-order valence-corrected chi connectivity index (χ1v) is 29.4. The van der Waals surface area contributed by atoms with Crippen molar-refractivity contribution in [2.24, 2.45) is 0 Å². The van der Waals surface area contributed by atoms with Crippen LogP contribution in [0.3, 0.4) is 0 Å². The number of allylic oxidation sites excluding steroid dienone is 2. The molecule has 0 aliphatic heterocycles. The van der Waals surface area contributed by atoms with E-state index in [-0.39, 0.29) is 40.2 Å². The molecule has 0 atom stereocenters. The summed E-state index contributed by atoms with van der Waals surface area (Å²) in [4.78, 5) is 24.7. The summed E-state index contributed by atoms with van der Waals surface area (Å²) in [6.45, 7) is 1.79. The van der Waals surface area contributed by atoms with Gasteiger partial charge >= 0.3 is 0 Å². The van der Waals surface area contributed by atoms with Gasteiger partial charge in [-0.3, -0.25) is 19.0 Å². The molecule has 4 aromatic heterocycles. The Bertz CT molecular complexity index is 3610. The first-order chi connectivity index (χ1) is 34.6. The maximum atomic E-state index is 12.5. The van der Waals surface area contributed by atoms with Crippen LogP contribution in [0.15, 0.2) is 130 Å². The summed E-state index contributed by atoms with van der Waals surface area (Å²) in [6, 6.07) is 32.0. The molecule has 2 aliphatic rings. The zero-order valence-corrected chi connectivity index (χ0v) is 44.7. The van der Waals surface area contributed by atoms with E-state index in [1.807, 2.05) is 52.0 Å². The lowest BCUT2D eigenvalue weighted by molar-refractivity contribution is -0.119. The average molecular weight is 1120 g/mol. The first-order valence-electron chi connectivity index (χ1n) is 22.9. The summed E-state index contributed by atoms with van der Waals surface area (Å²) in [6.07, 6.45) is 13.6. The van der Waals surface area contributed by atoms with Crippen LogP contribution in [0.1, 0.15) is 59.3 Å². The summed E-state index contributed by atoms with van der Waals surface area (Å²) in [5, 5.41) is 20.0. The minimum Gasteiger partial charge on any atom is -0.352 e. The Balaban J connectivity index is 0.000000178. The van der Waals surface area contributed by atoms with Crippen molar-refractivity contribution in [2.45, 2.75) is 60.0 Å². The molecule has 0 saturated heterocycles. The van der Waals surface area contributed by atoms with Crippen LogP contribution in [0.2, 0.25) is 18.7 Å². The molecule has 2 N–H and O–H groups in total. The Kier molecular flexibility index (Phi) is 16.1. The number of fused-ring (bicyclic) bond motifs is 4. The fourth-order valence-electron chi connectivity index (χ4n) is 8.83. The van der Waals surface area contributed by atoms with Gasteiger partial charge in [0.05, 0.1) is 40.7 Å². The highest BCUT2D eigenvalue weighted by Crippen LogP contribution is 2.37. The number of benzene rings is 4. The Morgan fingerprint density at radius 1 is 0.611 bits per heavy atom. The monoisotopic (exact) mass is 1120 g/mol. The number of sulfone groups is 2. The van der Waals surface area contributed by atoms with Gasteiger partial charge in [0.15, 0.2) is 19.7 Å². The maximum absolute atomic E-state index is 12.5. The molecule has 0 saturated carbocycles. The molecule has 8 aromatic rings. The normalized spacial score (nSPS) is 14.8. The summed E-state index contributed by atoms with van der Waals surface area (Å²) in [7, 11) is -7.61. The van der Waals surface area contributed by atoms with Crippen LogP contribution in [-0.2, 0) is 55.2 Å². The molecule has 10 rings (SSSR count). The maximum Gasteiger partial charge on any atom is 0.235 e. The number of amides is 2. The molecule has 372 valence electrons. The van der Waals surface area contributed by atoms with Crippen molar-refractivity contribution in [3.63, 3.8) is 0 Å². The third-order valence-corrected chi connectivity index (χ3v) is 20.3. The van der Waals surface area contributed by atoms with E-state index in [4.69, 9.17) is 51.5 Å². The number of aromatic nitrogens is 4. The van der Waals surface area contributed by atoms with Crippen LogP contribution in [-0.4, -0.2) is 72.8 Å². The summed E-state index contributed by atoms with van der Waals surface area (Å²) >= 11 is 25.1. The van der Waals surface area contributed by atoms with Gasteiger partial charge in [0.2, 0.25) is 11.8 Å². The van der Waals surface area contributed by atoms with E-state index in [9.17, 15) is 26.4 Å². The molecule has 0 fully saturated rings. The number of nitrogens with one attached hydrogen (secondary N) is 2. The molecule has 0 radical (unpaired) electrons. The van der Waals surface area contributed by atoms with Crippen molar-refractivity contribution in [3.8, 4) is 0 Å². The standard InChI is InChI=1S/2C26H23Cl2N3O3S2/c27-22-13-24(35-26(22)28)36(33,34)16-23(32)29-11-10-19-6-3-7-21-14-30-31(25(19)21)15-17-8-9-18-4-1-2-5-20(18)12-17;27-22-13-24(35-26(22)28)36(33,34)16-23(32)29-11-10-19-6-3-7-21-15-31(30-25(19)21)14-17-8-9-18-4-1-2-5-20(18)12-17/h1-2,4-5,8-10,12-14H,3,6-7,11,15-16H2,(H,29,32);1-2,4-5,8-10,12-13,15H,3,6-7,11,14,16H2,(H,29,32)/b2*19-10+. The van der Waals surface area contributed by atoms with Crippen molar-refractivity contribution < 1.29 is 26.4 Å². The van der Waals surface area contributed by atoms with Crippen molar-refractivity contribution in [1.82, 2.24) is 30.2 Å². The van der Waals surface area contributed by atoms with Gasteiger partial charge in [-0.15, -0.1) is 22.7 Å². The van der Waals surface area contributed by atoms with E-state index in [1.165, 1.54) is 50.4 Å². The number of rotatable bonds is 14. The quantitative estimate of drug-likeness (QED) is 0.109. The molecule has 2 amide bonds. The molecule has 2 aliphatic carbocycles. The highest BCUT2D eigenvalue weighted by Gasteiger charge is 2.26. The molecule has 12 nitrogen and oxygen atoms in total. The van der Waals surface area contributed by atoms with E-state index < -0.39 is 43.0 Å². The van der Waals surface area contributed by atoms with Crippen LogP contribution in [0.4, 0.5) is 0 Å². The summed E-state index contributed by atoms with van der Waals surface area (Å²) < 4.78 is 54.3. The molecule has 72 heavy (non-hydrogen) atoms. The lowest BCUT2D eigenvalue weighted by Gasteiger charge is -2.18. The fourth-order valence-corrected chi connectivity index (χ4v) is 15.1. The van der Waals surface area contributed by atoms with E-state index >= 15 is 0 Å². The largest absolute Gasteiger partial charge is 0.352 e. The van der Waals surface area contributed by atoms with E-state index in [1.54, 1.807) is 0 Å². The van der Waals surface area contributed by atoms with Gasteiger partial charge in [0.25, 0.3) is 0 Å². The predicted molar refractivity (Wildman–Crippen MR) is 291 cm³/mol. The highest BCUT2D eigenvalue weighted by molar-refractivity contribution is 7.94. The fraction of sp³-hybridized carbons (Fsp3) is 0.231. The third-order valence-electron chi connectivity index (χ3n) is 12.2. The number of hydrogen-bond acceptors (Lipinski definition) is 10. The number of halogens is 4. The second-order valence-electron chi connectivity index (χ2n) is 17.4. The van der Waals surface area contributed by atoms with Crippen molar-refractivity contribution in [1.29, 1.82) is 0 Å². The lowest BCUT2D eigenvalue weighted by Crippen LogP contribution is -2.30. The Labute approximate surface area is 445 Å². The number of hydrogen-bond donors (Lipinski definition) is 2. The number of thiophene rings is 2. The van der Waals surface area contributed by atoms with Crippen LogP contribution in [0, 0.1) is 0 Å². The van der Waals surface area contributed by atoms with Gasteiger partial charge in [-0.2, -0.15) is 10.2 Å². The van der Waals surface area contributed by atoms with Gasteiger partial charge in [0.1, 0.15) is 28.6 Å². The smallest absolute Gasteiger partial charge is 0.235 e. The van der Waals surface area contributed by atoms with Gasteiger partial charge in [-0.25, -0.2) is 16.8 Å². The molecule has 4 aromatic carbocycles. The number of nitrogens with zero attached hydrogens (tertiary/aromatic N) is 4. The van der Waals surface area contributed by atoms with Crippen LogP contribution >= 0.6 is 69.1 Å². The molecule has 0 unspecified atom stereocenters. The summed E-state index contributed by atoms with van der Waals surface area (Å²) in [5.74, 6) is -2.47. The van der Waals surface area contributed by atoms with E-state index in [2.05, 4.69) is 82.6 Å². The first kappa shape index (κ1) is 51.6. The Hall–Kier alpha value is -5.30.